The third-order valence-corrected chi connectivity index (χ3v) is 4.72. The Kier molecular flexibility index (Phi) is 8.80. The SMILES string of the molecule is C[P+](O)(OCc1ccccc1)OCc1ccccc1.O=S(=O)(O)C(F)(F)F. The fourth-order valence-corrected chi connectivity index (χ4v) is 2.43. The zero-order chi connectivity index (χ0) is 20.6. The quantitative estimate of drug-likeness (QED) is 0.408. The van der Waals surface area contributed by atoms with E-state index in [1.807, 2.05) is 60.7 Å². The molecule has 0 aliphatic carbocycles. The smallest absolute Gasteiger partial charge is 0.279 e. The van der Waals surface area contributed by atoms with Gasteiger partial charge in [0.2, 0.25) is 0 Å². The molecule has 0 heterocycles. The molecule has 0 fully saturated rings. The van der Waals surface area contributed by atoms with Gasteiger partial charge >= 0.3 is 23.6 Å². The molecule has 2 rings (SSSR count). The number of hydrogen-bond acceptors (Lipinski definition) is 5. The van der Waals surface area contributed by atoms with Gasteiger partial charge in [0.05, 0.1) is 0 Å². The molecule has 0 aromatic heterocycles. The molecule has 0 saturated carbocycles. The van der Waals surface area contributed by atoms with Crippen LogP contribution in [-0.4, -0.2) is 30.0 Å². The van der Waals surface area contributed by atoms with Crippen molar-refractivity contribution in [2.45, 2.75) is 18.7 Å². The van der Waals surface area contributed by atoms with E-state index in [-0.39, 0.29) is 0 Å². The standard InChI is InChI=1S/C15H18O3P.CHF3O3S/c1-19(16,17-12-14-8-4-2-5-9-14)18-13-15-10-6-3-7-11-15;2-1(3,4)8(5,6)7/h2-11,16H,12-13H2,1H3;(H,5,6,7)/q+1;. The van der Waals surface area contributed by atoms with Gasteiger partial charge in [-0.15, -0.1) is 0 Å². The van der Waals surface area contributed by atoms with Crippen LogP contribution < -0.4 is 0 Å². The Bertz CT molecular complexity index is 737. The second-order valence-corrected chi connectivity index (χ2v) is 8.78. The second-order valence-electron chi connectivity index (χ2n) is 5.24. The molecule has 0 radical (unpaired) electrons. The maximum absolute atomic E-state index is 10.7. The van der Waals surface area contributed by atoms with Gasteiger partial charge in [0, 0.05) is 0 Å². The largest absolute Gasteiger partial charge is 0.522 e. The molecular formula is C16H19F3O6PS+. The highest BCUT2D eigenvalue weighted by Crippen LogP contribution is 2.54. The van der Waals surface area contributed by atoms with Crippen molar-refractivity contribution in [2.75, 3.05) is 6.66 Å². The van der Waals surface area contributed by atoms with E-state index < -0.39 is 23.6 Å². The topological polar surface area (TPSA) is 93.1 Å². The molecule has 2 N–H and O–H groups in total. The maximum atomic E-state index is 10.7. The highest BCUT2D eigenvalue weighted by molar-refractivity contribution is 7.86. The summed E-state index contributed by atoms with van der Waals surface area (Å²) in [6, 6.07) is 19.5. The predicted octanol–water partition coefficient (Wildman–Crippen LogP) is 4.20. The first kappa shape index (κ1) is 23.5. The van der Waals surface area contributed by atoms with Crippen LogP contribution in [0.4, 0.5) is 13.2 Å². The summed E-state index contributed by atoms with van der Waals surface area (Å²) in [5.41, 5.74) is -3.50. The van der Waals surface area contributed by atoms with E-state index in [1.165, 1.54) is 0 Å². The lowest BCUT2D eigenvalue weighted by atomic mass is 10.2. The van der Waals surface area contributed by atoms with Crippen molar-refractivity contribution in [2.24, 2.45) is 0 Å². The Morgan fingerprint density at radius 1 is 0.889 bits per heavy atom. The van der Waals surface area contributed by atoms with Crippen LogP contribution in [0.15, 0.2) is 60.7 Å². The molecule has 0 saturated heterocycles. The molecule has 0 spiro atoms. The number of alkyl halides is 3. The Hall–Kier alpha value is -1.55. The van der Waals surface area contributed by atoms with Gasteiger partial charge in [0.15, 0.2) is 0 Å². The third kappa shape index (κ3) is 9.81. The molecule has 0 bridgehead atoms. The number of rotatable bonds is 6. The van der Waals surface area contributed by atoms with Crippen LogP contribution in [0.5, 0.6) is 0 Å². The van der Waals surface area contributed by atoms with Gasteiger partial charge < -0.3 is 0 Å². The maximum Gasteiger partial charge on any atom is 0.522 e. The third-order valence-electron chi connectivity index (χ3n) is 2.92. The van der Waals surface area contributed by atoms with Crippen molar-refractivity contribution >= 4 is 18.1 Å². The molecule has 0 aliphatic rings. The zero-order valence-electron chi connectivity index (χ0n) is 14.2. The lowest BCUT2D eigenvalue weighted by Gasteiger charge is -2.13. The molecule has 0 atom stereocenters. The summed E-state index contributed by atoms with van der Waals surface area (Å²) in [6.07, 6.45) is 0. The zero-order valence-corrected chi connectivity index (χ0v) is 15.9. The van der Waals surface area contributed by atoms with Crippen LogP contribution in [0.1, 0.15) is 11.1 Å². The van der Waals surface area contributed by atoms with Gasteiger partial charge in [-0.2, -0.15) is 35.5 Å². The number of benzene rings is 2. The lowest BCUT2D eigenvalue weighted by molar-refractivity contribution is -0.0510. The molecule has 0 amide bonds. The predicted molar refractivity (Wildman–Crippen MR) is 95.1 cm³/mol. The minimum Gasteiger partial charge on any atom is -0.279 e. The minimum atomic E-state index is -5.84. The molecule has 2 aromatic carbocycles. The average Bonchev–Trinajstić information content (AvgIpc) is 2.59. The van der Waals surface area contributed by atoms with Gasteiger partial charge in [-0.25, -0.2) is 0 Å². The van der Waals surface area contributed by atoms with E-state index in [0.29, 0.717) is 13.2 Å². The van der Waals surface area contributed by atoms with E-state index in [4.69, 9.17) is 22.0 Å². The first-order chi connectivity index (χ1) is 12.4. The van der Waals surface area contributed by atoms with Gasteiger partial charge in [-0.05, 0) is 11.1 Å². The summed E-state index contributed by atoms with van der Waals surface area (Å²) in [5, 5.41) is 0. The van der Waals surface area contributed by atoms with Crippen molar-refractivity contribution in [1.82, 2.24) is 0 Å². The Balaban J connectivity index is 0.000000387. The lowest BCUT2D eigenvalue weighted by Crippen LogP contribution is -2.21. The van der Waals surface area contributed by atoms with E-state index >= 15 is 0 Å². The molecular weight excluding hydrogens is 408 g/mol. The van der Waals surface area contributed by atoms with Crippen LogP contribution in [0.2, 0.25) is 0 Å². The summed E-state index contributed by atoms with van der Waals surface area (Å²) in [7, 11) is -8.61. The highest BCUT2D eigenvalue weighted by atomic mass is 32.2. The Morgan fingerprint density at radius 2 is 1.19 bits per heavy atom. The Labute approximate surface area is 155 Å². The van der Waals surface area contributed by atoms with Crippen molar-refractivity contribution in [1.29, 1.82) is 0 Å². The first-order valence-corrected chi connectivity index (χ1v) is 10.9. The van der Waals surface area contributed by atoms with Crippen molar-refractivity contribution in [3.63, 3.8) is 0 Å². The molecule has 2 aromatic rings. The second kappa shape index (κ2) is 10.1. The van der Waals surface area contributed by atoms with Crippen molar-refractivity contribution < 1.29 is 40.1 Å². The summed E-state index contributed by atoms with van der Waals surface area (Å²) < 4.78 is 68.5. The highest BCUT2D eigenvalue weighted by Gasteiger charge is 2.44. The number of hydrogen-bond donors (Lipinski definition) is 2. The summed E-state index contributed by atoms with van der Waals surface area (Å²) in [6.45, 7) is 2.33. The van der Waals surface area contributed by atoms with Crippen molar-refractivity contribution in [3.05, 3.63) is 71.8 Å². The van der Waals surface area contributed by atoms with E-state index in [1.54, 1.807) is 6.66 Å². The average molecular weight is 427 g/mol. The van der Waals surface area contributed by atoms with Crippen LogP contribution in [0.3, 0.4) is 0 Å². The van der Waals surface area contributed by atoms with Gasteiger partial charge in [-0.3, -0.25) is 4.55 Å². The monoisotopic (exact) mass is 427 g/mol. The van der Waals surface area contributed by atoms with E-state index in [2.05, 4.69) is 0 Å². The van der Waals surface area contributed by atoms with Gasteiger partial charge in [0.25, 0.3) is 0 Å². The van der Waals surface area contributed by atoms with Crippen LogP contribution in [0, 0.1) is 0 Å². The van der Waals surface area contributed by atoms with Crippen LogP contribution in [-0.2, 0) is 32.4 Å². The van der Waals surface area contributed by atoms with Crippen molar-refractivity contribution in [3.8, 4) is 0 Å². The molecule has 150 valence electrons. The fourth-order valence-electron chi connectivity index (χ4n) is 1.57. The Morgan fingerprint density at radius 3 is 1.44 bits per heavy atom. The summed E-state index contributed by atoms with van der Waals surface area (Å²) in [4.78, 5) is 10.1. The minimum absolute atomic E-state index is 0.358. The van der Waals surface area contributed by atoms with Crippen LogP contribution in [0.25, 0.3) is 0 Å². The van der Waals surface area contributed by atoms with E-state index in [9.17, 15) is 18.1 Å². The normalized spacial score (nSPS) is 12.2. The molecule has 6 nitrogen and oxygen atoms in total. The summed E-state index contributed by atoms with van der Waals surface area (Å²) >= 11 is 0. The molecule has 0 unspecified atom stereocenters. The van der Waals surface area contributed by atoms with Crippen LogP contribution >= 0.6 is 7.94 Å². The fraction of sp³-hybridized carbons (Fsp3) is 0.250. The molecule has 11 heteroatoms. The molecule has 27 heavy (non-hydrogen) atoms. The van der Waals surface area contributed by atoms with E-state index in [0.717, 1.165) is 11.1 Å². The number of halogens is 3. The van der Waals surface area contributed by atoms with Gasteiger partial charge in [-0.1, -0.05) is 60.7 Å². The summed E-state index contributed by atoms with van der Waals surface area (Å²) in [5.74, 6) is 0. The van der Waals surface area contributed by atoms with Gasteiger partial charge in [0.1, 0.15) is 19.9 Å². The molecule has 0 aliphatic heterocycles. The first-order valence-electron chi connectivity index (χ1n) is 7.41.